The summed E-state index contributed by atoms with van der Waals surface area (Å²) >= 11 is 0. The van der Waals surface area contributed by atoms with Gasteiger partial charge in [0.2, 0.25) is 0 Å². The maximum absolute atomic E-state index is 5.43. The molecular weight excluding hydrogens is 228 g/mol. The van der Waals surface area contributed by atoms with Crippen molar-refractivity contribution in [3.8, 4) is 0 Å². The lowest BCUT2D eigenvalue weighted by Crippen LogP contribution is -2.47. The van der Waals surface area contributed by atoms with Crippen LogP contribution in [0, 0.1) is 0 Å². The topological polar surface area (TPSA) is 31.3 Å². The van der Waals surface area contributed by atoms with Crippen molar-refractivity contribution in [3.63, 3.8) is 0 Å². The summed E-state index contributed by atoms with van der Waals surface area (Å²) in [4.78, 5) is 11.5. The highest BCUT2D eigenvalue weighted by molar-refractivity contribution is 5.79. The van der Waals surface area contributed by atoms with E-state index in [9.17, 15) is 0 Å². The van der Waals surface area contributed by atoms with Gasteiger partial charge in [-0.25, -0.2) is 0 Å². The third kappa shape index (κ3) is 2.95. The average Bonchev–Trinajstić information content (AvgIpc) is 3.11. The van der Waals surface area contributed by atoms with Crippen molar-refractivity contribution in [3.05, 3.63) is 0 Å². The van der Waals surface area contributed by atoms with Gasteiger partial charge in [0.25, 0.3) is 0 Å². The number of guanidine groups is 1. The van der Waals surface area contributed by atoms with Crippen LogP contribution in [0.1, 0.15) is 12.8 Å². The van der Waals surface area contributed by atoms with E-state index >= 15 is 0 Å². The minimum atomic E-state index is 0.334. The normalized spacial score (nSPS) is 22.4. The summed E-state index contributed by atoms with van der Waals surface area (Å²) in [7, 11) is 8.19. The molecule has 1 aliphatic heterocycles. The van der Waals surface area contributed by atoms with Crippen molar-refractivity contribution in [1.29, 1.82) is 0 Å². The molecule has 0 spiro atoms. The molecule has 1 heterocycles. The molecule has 1 aliphatic carbocycles. The first kappa shape index (κ1) is 13.6. The Labute approximate surface area is 110 Å². The Morgan fingerprint density at radius 2 is 1.67 bits per heavy atom. The molecule has 0 unspecified atom stereocenters. The van der Waals surface area contributed by atoms with Gasteiger partial charge in [-0.3, -0.25) is 9.89 Å². The van der Waals surface area contributed by atoms with E-state index in [1.54, 1.807) is 0 Å². The van der Waals surface area contributed by atoms with Crippen LogP contribution in [0.4, 0.5) is 0 Å². The van der Waals surface area contributed by atoms with Gasteiger partial charge >= 0.3 is 0 Å². The van der Waals surface area contributed by atoms with Crippen LogP contribution < -0.4 is 0 Å². The zero-order chi connectivity index (χ0) is 13.2. The Morgan fingerprint density at radius 1 is 1.11 bits per heavy atom. The lowest BCUT2D eigenvalue weighted by molar-refractivity contribution is 0.0116. The van der Waals surface area contributed by atoms with Crippen LogP contribution in [0.15, 0.2) is 4.99 Å². The lowest BCUT2D eigenvalue weighted by atomic mass is 10.2. The van der Waals surface area contributed by atoms with Gasteiger partial charge in [0.05, 0.1) is 19.8 Å². The smallest absolute Gasteiger partial charge is 0.195 e. The average molecular weight is 254 g/mol. The predicted octanol–water partition coefficient (Wildman–Crippen LogP) is 0.330. The number of nitrogens with zero attached hydrogens (tertiary/aromatic N) is 4. The summed E-state index contributed by atoms with van der Waals surface area (Å²) in [5.41, 5.74) is 0.334. The highest BCUT2D eigenvalue weighted by Gasteiger charge is 2.48. The summed E-state index contributed by atoms with van der Waals surface area (Å²) < 4.78 is 5.43. The molecule has 2 aliphatic rings. The zero-order valence-corrected chi connectivity index (χ0v) is 12.1. The number of ether oxygens (including phenoxy) is 1. The summed E-state index contributed by atoms with van der Waals surface area (Å²) in [5.74, 6) is 1.05. The van der Waals surface area contributed by atoms with E-state index in [1.807, 2.05) is 28.2 Å². The van der Waals surface area contributed by atoms with Gasteiger partial charge in [0.15, 0.2) is 5.96 Å². The Morgan fingerprint density at radius 3 is 2.11 bits per heavy atom. The van der Waals surface area contributed by atoms with E-state index in [0.29, 0.717) is 5.54 Å². The van der Waals surface area contributed by atoms with E-state index in [1.165, 1.54) is 12.8 Å². The van der Waals surface area contributed by atoms with Crippen molar-refractivity contribution >= 4 is 5.96 Å². The van der Waals surface area contributed by atoms with E-state index in [-0.39, 0.29) is 0 Å². The van der Waals surface area contributed by atoms with Crippen molar-refractivity contribution in [2.45, 2.75) is 18.4 Å². The fraction of sp³-hybridized carbons (Fsp3) is 0.923. The Kier molecular flexibility index (Phi) is 4.12. The number of morpholine rings is 1. The second-order valence-corrected chi connectivity index (χ2v) is 5.73. The molecule has 2 rings (SSSR count). The van der Waals surface area contributed by atoms with Crippen molar-refractivity contribution < 1.29 is 4.74 Å². The molecule has 5 heteroatoms. The number of hydrogen-bond donors (Lipinski definition) is 0. The highest BCUT2D eigenvalue weighted by atomic mass is 16.5. The molecule has 0 aromatic carbocycles. The predicted molar refractivity (Wildman–Crippen MR) is 74.0 cm³/mol. The summed E-state index contributed by atoms with van der Waals surface area (Å²) in [6.45, 7) is 4.79. The molecule has 0 N–H and O–H groups in total. The third-order valence-electron chi connectivity index (χ3n) is 3.82. The molecular formula is C13H26N4O. The monoisotopic (exact) mass is 254 g/mol. The maximum Gasteiger partial charge on any atom is 0.195 e. The lowest BCUT2D eigenvalue weighted by Gasteiger charge is -2.34. The van der Waals surface area contributed by atoms with E-state index in [2.05, 4.69) is 14.7 Å². The SMILES string of the molecule is CN(C)C(=NCC1(N2CCOCC2)CC1)N(C)C. The second kappa shape index (κ2) is 5.45. The van der Waals surface area contributed by atoms with Gasteiger partial charge in [0.1, 0.15) is 0 Å². The zero-order valence-electron chi connectivity index (χ0n) is 12.1. The molecule has 0 atom stereocenters. The number of rotatable bonds is 3. The van der Waals surface area contributed by atoms with Crippen LogP contribution in [0.25, 0.3) is 0 Å². The van der Waals surface area contributed by atoms with Crippen molar-refractivity contribution in [2.24, 2.45) is 4.99 Å². The van der Waals surface area contributed by atoms with Gasteiger partial charge < -0.3 is 14.5 Å². The van der Waals surface area contributed by atoms with Crippen LogP contribution in [0.2, 0.25) is 0 Å². The summed E-state index contributed by atoms with van der Waals surface area (Å²) in [6.07, 6.45) is 2.56. The van der Waals surface area contributed by atoms with Gasteiger partial charge in [-0.15, -0.1) is 0 Å². The van der Waals surface area contributed by atoms with E-state index < -0.39 is 0 Å². The van der Waals surface area contributed by atoms with Gasteiger partial charge in [0, 0.05) is 46.8 Å². The first-order chi connectivity index (χ1) is 8.55. The largest absolute Gasteiger partial charge is 0.379 e. The Bertz CT molecular complexity index is 294. The van der Waals surface area contributed by atoms with Crippen LogP contribution in [0.5, 0.6) is 0 Å². The van der Waals surface area contributed by atoms with Crippen molar-refractivity contribution in [1.82, 2.24) is 14.7 Å². The first-order valence-electron chi connectivity index (χ1n) is 6.77. The van der Waals surface area contributed by atoms with Gasteiger partial charge in [-0.1, -0.05) is 0 Å². The quantitative estimate of drug-likeness (QED) is 0.536. The Balaban J connectivity index is 1.97. The number of hydrogen-bond acceptors (Lipinski definition) is 3. The minimum absolute atomic E-state index is 0.334. The third-order valence-corrected chi connectivity index (χ3v) is 3.82. The molecule has 5 nitrogen and oxygen atoms in total. The molecule has 0 amide bonds. The molecule has 2 fully saturated rings. The molecule has 1 saturated heterocycles. The molecule has 0 bridgehead atoms. The van der Waals surface area contributed by atoms with Crippen molar-refractivity contribution in [2.75, 3.05) is 61.0 Å². The van der Waals surface area contributed by atoms with Gasteiger partial charge in [-0.05, 0) is 12.8 Å². The molecule has 0 aromatic rings. The molecule has 18 heavy (non-hydrogen) atoms. The van der Waals surface area contributed by atoms with Crippen LogP contribution in [-0.4, -0.2) is 87.2 Å². The highest BCUT2D eigenvalue weighted by Crippen LogP contribution is 2.42. The van der Waals surface area contributed by atoms with Crippen LogP contribution in [-0.2, 0) is 4.74 Å². The molecule has 1 saturated carbocycles. The van der Waals surface area contributed by atoms with Crippen LogP contribution >= 0.6 is 0 Å². The number of aliphatic imine (C=N–C) groups is 1. The van der Waals surface area contributed by atoms with E-state index in [0.717, 1.165) is 38.8 Å². The fourth-order valence-corrected chi connectivity index (χ4v) is 2.66. The Hall–Kier alpha value is -0.810. The summed E-state index contributed by atoms with van der Waals surface area (Å²) in [5, 5.41) is 0. The fourth-order valence-electron chi connectivity index (χ4n) is 2.66. The molecule has 0 aromatic heterocycles. The minimum Gasteiger partial charge on any atom is -0.379 e. The van der Waals surface area contributed by atoms with Gasteiger partial charge in [-0.2, -0.15) is 0 Å². The van der Waals surface area contributed by atoms with Crippen LogP contribution in [0.3, 0.4) is 0 Å². The van der Waals surface area contributed by atoms with E-state index in [4.69, 9.17) is 9.73 Å². The first-order valence-corrected chi connectivity index (χ1v) is 6.77. The molecule has 0 radical (unpaired) electrons. The second-order valence-electron chi connectivity index (χ2n) is 5.73. The maximum atomic E-state index is 5.43. The summed E-state index contributed by atoms with van der Waals surface area (Å²) in [6, 6.07) is 0. The molecule has 104 valence electrons. The standard InChI is InChI=1S/C13H26N4O/c1-15(2)12(16(3)4)14-11-13(5-6-13)17-7-9-18-10-8-17/h5-11H2,1-4H3.